The molecule has 0 spiro atoms. The third-order valence-electron chi connectivity index (χ3n) is 6.06. The van der Waals surface area contributed by atoms with E-state index < -0.39 is 12.2 Å². The Bertz CT molecular complexity index is 1740. The Morgan fingerprint density at radius 1 is 0.605 bits per heavy atom. The Morgan fingerprint density at radius 3 is 1.44 bits per heavy atom. The molecule has 0 fully saturated rings. The SMILES string of the molecule is CC(O)c1cnc2cc(N)cnc2c1.Cc1cnc2cc(C(C)O)cnc2c1.Cc1cnc2cc(C=O)cnc2c1.[CH3-].[Li+]. The molecule has 0 radical (unpaired) electrons. The van der Waals surface area contributed by atoms with Gasteiger partial charge in [0.15, 0.2) is 6.29 Å². The average Bonchev–Trinajstić information content (AvgIpc) is 2.96. The van der Waals surface area contributed by atoms with Gasteiger partial charge in [-0.05, 0) is 75.2 Å². The van der Waals surface area contributed by atoms with E-state index in [4.69, 9.17) is 5.73 Å². The number of nitrogen functional groups attached to an aromatic ring is 1. The molecule has 6 heterocycles. The standard InChI is InChI=1S/C11H12N2O.C10H11N3O.C10H8N2O.CH3.Li/c1-7-3-10-11(12-5-7)4-9(6-13-10)8(2)14;1-6(14)7-2-9-10(12-4-7)3-8(11)5-13-9;1-7-2-9-10(11-4-7)3-8(6-13)5-12-9;;/h3-6,8,14H,1-2H3;2-6,14H,11H2,1H3;2-6H,1H3;1H3;/q;;;-1;+1. The number of carbonyl (C=O) groups is 1. The summed E-state index contributed by atoms with van der Waals surface area (Å²) in [6.45, 7) is 7.36. The van der Waals surface area contributed by atoms with Crippen LogP contribution in [0.15, 0.2) is 73.6 Å². The van der Waals surface area contributed by atoms with Crippen LogP contribution in [0.4, 0.5) is 5.69 Å². The van der Waals surface area contributed by atoms with Crippen LogP contribution in [0.3, 0.4) is 0 Å². The smallest absolute Gasteiger partial charge is 0.397 e. The first-order valence-corrected chi connectivity index (χ1v) is 12.9. The number of nitrogens with two attached hydrogens (primary N) is 1. The molecule has 6 aromatic heterocycles. The van der Waals surface area contributed by atoms with Crippen LogP contribution in [0.25, 0.3) is 33.1 Å². The minimum Gasteiger partial charge on any atom is -0.397 e. The number of nitrogens with zero attached hydrogens (tertiary/aromatic N) is 6. The molecule has 4 N–H and O–H groups in total. The van der Waals surface area contributed by atoms with Crippen LogP contribution in [0.1, 0.15) is 58.7 Å². The first kappa shape index (κ1) is 34.9. The maximum Gasteiger partial charge on any atom is 1.00 e. The van der Waals surface area contributed by atoms with E-state index in [1.54, 1.807) is 63.2 Å². The number of pyridine rings is 6. The number of aldehydes is 1. The van der Waals surface area contributed by atoms with E-state index in [-0.39, 0.29) is 26.3 Å². The zero-order valence-corrected chi connectivity index (χ0v) is 25.2. The first-order chi connectivity index (χ1) is 19.6. The summed E-state index contributed by atoms with van der Waals surface area (Å²) in [4.78, 5) is 35.5. The Labute approximate surface area is 262 Å². The van der Waals surface area contributed by atoms with E-state index in [1.807, 2.05) is 38.1 Å². The molecule has 2 unspecified atom stereocenters. The number of rotatable bonds is 3. The number of aliphatic hydroxyl groups excluding tert-OH is 2. The van der Waals surface area contributed by atoms with Crippen molar-refractivity contribution in [3.8, 4) is 0 Å². The van der Waals surface area contributed by atoms with Crippen molar-refractivity contribution in [1.82, 2.24) is 29.9 Å². The Hall–Kier alpha value is -4.33. The predicted molar refractivity (Wildman–Crippen MR) is 166 cm³/mol. The summed E-state index contributed by atoms with van der Waals surface area (Å²) in [7, 11) is 0. The minimum atomic E-state index is -0.522. The van der Waals surface area contributed by atoms with Crippen molar-refractivity contribution in [2.75, 3.05) is 5.73 Å². The average molecular weight is 572 g/mol. The monoisotopic (exact) mass is 571 g/mol. The van der Waals surface area contributed by atoms with Gasteiger partial charge in [-0.25, -0.2) is 0 Å². The van der Waals surface area contributed by atoms with Crippen molar-refractivity contribution in [1.29, 1.82) is 0 Å². The molecular weight excluding hydrogens is 537 g/mol. The molecule has 11 heteroatoms. The van der Waals surface area contributed by atoms with Gasteiger partial charge < -0.3 is 23.4 Å². The number of aryl methyl sites for hydroxylation is 2. The second-order valence-electron chi connectivity index (χ2n) is 9.68. The fraction of sp³-hybridized carbons (Fsp3) is 0.188. The van der Waals surface area contributed by atoms with Gasteiger partial charge in [-0.2, -0.15) is 0 Å². The van der Waals surface area contributed by atoms with Crippen LogP contribution in [0, 0.1) is 21.3 Å². The van der Waals surface area contributed by atoms with E-state index >= 15 is 0 Å². The topological polar surface area (TPSA) is 161 Å². The van der Waals surface area contributed by atoms with E-state index in [1.165, 1.54) is 0 Å². The predicted octanol–water partition coefficient (Wildman–Crippen LogP) is 2.46. The number of hydrogen-bond acceptors (Lipinski definition) is 10. The van der Waals surface area contributed by atoms with Gasteiger partial charge in [-0.15, -0.1) is 0 Å². The minimum absolute atomic E-state index is 0. The molecule has 0 aliphatic rings. The Balaban J connectivity index is 0.000000220. The molecule has 6 aromatic rings. The van der Waals surface area contributed by atoms with Gasteiger partial charge in [0, 0.05) is 47.7 Å². The maximum absolute atomic E-state index is 10.4. The number of anilines is 1. The number of hydrogen-bond donors (Lipinski definition) is 3. The summed E-state index contributed by atoms with van der Waals surface area (Å²) in [5.74, 6) is 0. The third kappa shape index (κ3) is 9.33. The fourth-order valence-electron chi connectivity index (χ4n) is 3.79. The molecule has 0 saturated carbocycles. The molecule has 216 valence electrons. The van der Waals surface area contributed by atoms with Gasteiger partial charge in [0.25, 0.3) is 0 Å². The summed E-state index contributed by atoms with van der Waals surface area (Å²) in [5.41, 5.74) is 15.2. The molecular formula is C32H34LiN7O3. The molecule has 0 saturated heterocycles. The first-order valence-electron chi connectivity index (χ1n) is 12.9. The second kappa shape index (κ2) is 15.8. The van der Waals surface area contributed by atoms with Crippen molar-refractivity contribution in [3.63, 3.8) is 0 Å². The Kier molecular flexibility index (Phi) is 12.8. The van der Waals surface area contributed by atoms with Crippen molar-refractivity contribution in [2.24, 2.45) is 0 Å². The zero-order valence-electron chi connectivity index (χ0n) is 25.2. The van der Waals surface area contributed by atoms with Crippen molar-refractivity contribution in [2.45, 2.75) is 39.9 Å². The van der Waals surface area contributed by atoms with Crippen LogP contribution < -0.4 is 24.6 Å². The van der Waals surface area contributed by atoms with E-state index in [0.29, 0.717) is 11.3 Å². The molecule has 2 atom stereocenters. The molecule has 43 heavy (non-hydrogen) atoms. The largest absolute Gasteiger partial charge is 1.00 e. The van der Waals surface area contributed by atoms with E-state index in [2.05, 4.69) is 29.9 Å². The van der Waals surface area contributed by atoms with E-state index in [9.17, 15) is 15.0 Å². The molecule has 0 aliphatic carbocycles. The van der Waals surface area contributed by atoms with Crippen LogP contribution in [-0.4, -0.2) is 46.4 Å². The molecule has 10 nitrogen and oxygen atoms in total. The number of fused-ring (bicyclic) bond motifs is 3. The second-order valence-corrected chi connectivity index (χ2v) is 9.68. The third-order valence-corrected chi connectivity index (χ3v) is 6.06. The molecule has 0 amide bonds. The van der Waals surface area contributed by atoms with Gasteiger partial charge in [0.2, 0.25) is 0 Å². The molecule has 6 rings (SSSR count). The van der Waals surface area contributed by atoms with Gasteiger partial charge in [-0.3, -0.25) is 34.7 Å². The summed E-state index contributed by atoms with van der Waals surface area (Å²) < 4.78 is 0. The molecule has 0 aromatic carbocycles. The van der Waals surface area contributed by atoms with Crippen LogP contribution in [-0.2, 0) is 0 Å². The number of carbonyl (C=O) groups excluding carboxylic acids is 1. The van der Waals surface area contributed by atoms with Gasteiger partial charge >= 0.3 is 18.9 Å². The van der Waals surface area contributed by atoms with Crippen molar-refractivity contribution in [3.05, 3.63) is 109 Å². The van der Waals surface area contributed by atoms with Crippen LogP contribution >= 0.6 is 0 Å². The normalized spacial score (nSPS) is 11.6. The fourth-order valence-corrected chi connectivity index (χ4v) is 3.79. The summed E-state index contributed by atoms with van der Waals surface area (Å²) >= 11 is 0. The number of aromatic nitrogens is 6. The van der Waals surface area contributed by atoms with Crippen molar-refractivity contribution >= 4 is 45.1 Å². The number of aliphatic hydroxyl groups is 2. The molecule has 0 bridgehead atoms. The van der Waals surface area contributed by atoms with Crippen LogP contribution in [0.2, 0.25) is 0 Å². The summed E-state index contributed by atoms with van der Waals surface area (Å²) in [6.07, 6.45) is 9.78. The van der Waals surface area contributed by atoms with Gasteiger partial charge in [0.1, 0.15) is 0 Å². The maximum atomic E-state index is 10.4. The van der Waals surface area contributed by atoms with Crippen LogP contribution in [0.5, 0.6) is 0 Å². The van der Waals surface area contributed by atoms with Gasteiger partial charge in [-0.1, -0.05) is 0 Å². The van der Waals surface area contributed by atoms with Crippen molar-refractivity contribution < 1.29 is 33.9 Å². The van der Waals surface area contributed by atoms with Gasteiger partial charge in [0.05, 0.1) is 57.2 Å². The Morgan fingerprint density at radius 2 is 0.977 bits per heavy atom. The zero-order chi connectivity index (χ0) is 29.5. The quantitative estimate of drug-likeness (QED) is 0.163. The summed E-state index contributed by atoms with van der Waals surface area (Å²) in [5, 5.41) is 18.7. The van der Waals surface area contributed by atoms with E-state index in [0.717, 1.165) is 61.6 Å². The summed E-state index contributed by atoms with van der Waals surface area (Å²) in [6, 6.07) is 11.1. The molecule has 0 aliphatic heterocycles.